The number of hydroxylamine groups is 1. The molecule has 0 saturated carbocycles. The molecule has 0 rings (SSSR count). The van der Waals surface area contributed by atoms with E-state index in [0.717, 1.165) is 19.3 Å². The molecule has 0 fully saturated rings. The summed E-state index contributed by atoms with van der Waals surface area (Å²) in [5.41, 5.74) is 6.89. The molecular formula is C7H16N2O2. The number of carbonyl (C=O) groups excluding carboxylic acids is 1. The molecule has 0 radical (unpaired) electrons. The standard InChI is InChI=1S/C7H16N2O2/c1-6(7(10)9-11)4-2-3-5-8/h6,11H,2-5,8H2,1H3,(H,9,10). The highest BCUT2D eigenvalue weighted by Gasteiger charge is 2.09. The monoisotopic (exact) mass is 160 g/mol. The van der Waals surface area contributed by atoms with Crippen molar-refractivity contribution in [3.63, 3.8) is 0 Å². The maximum atomic E-state index is 10.7. The minimum absolute atomic E-state index is 0.119. The van der Waals surface area contributed by atoms with Gasteiger partial charge in [-0.25, -0.2) is 5.48 Å². The molecule has 0 aromatic carbocycles. The SMILES string of the molecule is CC(CCCCN)C(=O)NO. The summed E-state index contributed by atoms with van der Waals surface area (Å²) >= 11 is 0. The van der Waals surface area contributed by atoms with Crippen molar-refractivity contribution >= 4 is 5.91 Å². The topological polar surface area (TPSA) is 75.4 Å². The summed E-state index contributed by atoms with van der Waals surface area (Å²) < 4.78 is 0. The average molecular weight is 160 g/mol. The van der Waals surface area contributed by atoms with Gasteiger partial charge < -0.3 is 5.73 Å². The highest BCUT2D eigenvalue weighted by Crippen LogP contribution is 2.06. The van der Waals surface area contributed by atoms with Crippen LogP contribution in [-0.2, 0) is 4.79 Å². The third kappa shape index (κ3) is 4.75. The summed E-state index contributed by atoms with van der Waals surface area (Å²) in [6.45, 7) is 2.44. The van der Waals surface area contributed by atoms with Crippen LogP contribution in [0.15, 0.2) is 0 Å². The summed E-state index contributed by atoms with van der Waals surface area (Å²) in [5.74, 6) is -0.437. The van der Waals surface area contributed by atoms with Gasteiger partial charge in [0.2, 0.25) is 5.91 Å². The average Bonchev–Trinajstić information content (AvgIpc) is 2.03. The Hall–Kier alpha value is -0.610. The van der Waals surface area contributed by atoms with Gasteiger partial charge in [-0.2, -0.15) is 0 Å². The molecule has 66 valence electrons. The molecule has 11 heavy (non-hydrogen) atoms. The van der Waals surface area contributed by atoms with Gasteiger partial charge in [0.15, 0.2) is 0 Å². The van der Waals surface area contributed by atoms with E-state index in [1.807, 2.05) is 0 Å². The summed E-state index contributed by atoms with van der Waals surface area (Å²) in [7, 11) is 0. The van der Waals surface area contributed by atoms with Crippen LogP contribution in [0, 0.1) is 5.92 Å². The fraction of sp³-hybridized carbons (Fsp3) is 0.857. The summed E-state index contributed by atoms with van der Waals surface area (Å²) in [6, 6.07) is 0. The Balaban J connectivity index is 3.36. The second kappa shape index (κ2) is 6.12. The van der Waals surface area contributed by atoms with Gasteiger partial charge in [0.25, 0.3) is 0 Å². The van der Waals surface area contributed by atoms with Crippen LogP contribution >= 0.6 is 0 Å². The molecule has 4 nitrogen and oxygen atoms in total. The molecule has 0 aliphatic heterocycles. The predicted molar refractivity (Wildman–Crippen MR) is 42.0 cm³/mol. The molecule has 0 aromatic heterocycles. The largest absolute Gasteiger partial charge is 0.330 e. The minimum Gasteiger partial charge on any atom is -0.330 e. The quantitative estimate of drug-likeness (QED) is 0.307. The van der Waals surface area contributed by atoms with Gasteiger partial charge in [0.1, 0.15) is 0 Å². The van der Waals surface area contributed by atoms with Crippen molar-refractivity contribution < 1.29 is 10.0 Å². The molecule has 0 aliphatic carbocycles. The van der Waals surface area contributed by atoms with E-state index >= 15 is 0 Å². The first-order valence-corrected chi connectivity index (χ1v) is 3.86. The zero-order chi connectivity index (χ0) is 8.69. The Morgan fingerprint density at radius 1 is 1.64 bits per heavy atom. The van der Waals surface area contributed by atoms with E-state index in [0.29, 0.717) is 6.54 Å². The molecule has 0 saturated heterocycles. The molecule has 1 unspecified atom stereocenters. The Kier molecular flexibility index (Phi) is 5.78. The predicted octanol–water partition coefficient (Wildman–Crippen LogP) is 0.257. The van der Waals surface area contributed by atoms with E-state index in [4.69, 9.17) is 10.9 Å². The van der Waals surface area contributed by atoms with Crippen LogP contribution in [0.2, 0.25) is 0 Å². The maximum Gasteiger partial charge on any atom is 0.246 e. The Labute approximate surface area is 66.7 Å². The normalized spacial score (nSPS) is 12.6. The van der Waals surface area contributed by atoms with Crippen LogP contribution in [0.1, 0.15) is 26.2 Å². The van der Waals surface area contributed by atoms with E-state index in [-0.39, 0.29) is 11.8 Å². The number of carbonyl (C=O) groups is 1. The lowest BCUT2D eigenvalue weighted by Crippen LogP contribution is -2.25. The lowest BCUT2D eigenvalue weighted by Gasteiger charge is -2.07. The van der Waals surface area contributed by atoms with E-state index in [2.05, 4.69) is 0 Å². The second-order valence-electron chi connectivity index (χ2n) is 2.66. The van der Waals surface area contributed by atoms with Gasteiger partial charge in [0, 0.05) is 5.92 Å². The third-order valence-corrected chi connectivity index (χ3v) is 1.65. The van der Waals surface area contributed by atoms with Crippen LogP contribution in [0.3, 0.4) is 0 Å². The van der Waals surface area contributed by atoms with Crippen LogP contribution in [0.25, 0.3) is 0 Å². The first-order valence-electron chi connectivity index (χ1n) is 3.86. The zero-order valence-electron chi connectivity index (χ0n) is 6.84. The van der Waals surface area contributed by atoms with Crippen molar-refractivity contribution in [1.82, 2.24) is 5.48 Å². The second-order valence-corrected chi connectivity index (χ2v) is 2.66. The zero-order valence-corrected chi connectivity index (χ0v) is 6.84. The van der Waals surface area contributed by atoms with Gasteiger partial charge in [-0.3, -0.25) is 10.0 Å². The summed E-state index contributed by atoms with van der Waals surface area (Å²) in [4.78, 5) is 10.7. The van der Waals surface area contributed by atoms with E-state index in [9.17, 15) is 4.79 Å². The molecule has 1 atom stereocenters. The van der Waals surface area contributed by atoms with E-state index in [1.165, 1.54) is 0 Å². The van der Waals surface area contributed by atoms with E-state index < -0.39 is 0 Å². The molecular weight excluding hydrogens is 144 g/mol. The van der Waals surface area contributed by atoms with Gasteiger partial charge in [0.05, 0.1) is 0 Å². The fourth-order valence-electron chi connectivity index (χ4n) is 0.836. The fourth-order valence-corrected chi connectivity index (χ4v) is 0.836. The first kappa shape index (κ1) is 10.4. The van der Waals surface area contributed by atoms with Crippen molar-refractivity contribution in [1.29, 1.82) is 0 Å². The molecule has 4 heteroatoms. The van der Waals surface area contributed by atoms with Crippen molar-refractivity contribution in [2.45, 2.75) is 26.2 Å². The Morgan fingerprint density at radius 3 is 2.73 bits per heavy atom. The molecule has 4 N–H and O–H groups in total. The van der Waals surface area contributed by atoms with Crippen molar-refractivity contribution in [2.24, 2.45) is 11.7 Å². The van der Waals surface area contributed by atoms with E-state index in [1.54, 1.807) is 12.4 Å². The summed E-state index contributed by atoms with van der Waals surface area (Å²) in [5, 5.41) is 8.24. The number of rotatable bonds is 5. The number of amides is 1. The molecule has 0 aromatic rings. The minimum atomic E-state index is -0.318. The smallest absolute Gasteiger partial charge is 0.246 e. The number of hydrogen-bond acceptors (Lipinski definition) is 3. The number of unbranched alkanes of at least 4 members (excludes halogenated alkanes) is 1. The lowest BCUT2D eigenvalue weighted by molar-refractivity contribution is -0.133. The van der Waals surface area contributed by atoms with Gasteiger partial charge in [-0.1, -0.05) is 13.3 Å². The number of nitrogens with two attached hydrogens (primary N) is 1. The Morgan fingerprint density at radius 2 is 2.27 bits per heavy atom. The molecule has 1 amide bonds. The van der Waals surface area contributed by atoms with Crippen molar-refractivity contribution in [2.75, 3.05) is 6.54 Å². The van der Waals surface area contributed by atoms with Crippen LogP contribution in [0.5, 0.6) is 0 Å². The van der Waals surface area contributed by atoms with Crippen molar-refractivity contribution in [3.05, 3.63) is 0 Å². The molecule has 0 bridgehead atoms. The van der Waals surface area contributed by atoms with Gasteiger partial charge >= 0.3 is 0 Å². The molecule has 0 heterocycles. The lowest BCUT2D eigenvalue weighted by atomic mass is 10.0. The number of hydrogen-bond donors (Lipinski definition) is 3. The van der Waals surface area contributed by atoms with Crippen LogP contribution < -0.4 is 11.2 Å². The third-order valence-electron chi connectivity index (χ3n) is 1.65. The summed E-state index contributed by atoms with van der Waals surface area (Å²) in [6.07, 6.45) is 2.65. The Bertz CT molecular complexity index is 117. The maximum absolute atomic E-state index is 10.7. The van der Waals surface area contributed by atoms with Crippen LogP contribution in [0.4, 0.5) is 0 Å². The highest BCUT2D eigenvalue weighted by molar-refractivity contribution is 5.76. The van der Waals surface area contributed by atoms with Gasteiger partial charge in [-0.05, 0) is 19.4 Å². The number of nitrogens with one attached hydrogen (secondary N) is 1. The van der Waals surface area contributed by atoms with Crippen molar-refractivity contribution in [3.8, 4) is 0 Å². The first-order chi connectivity index (χ1) is 5.22. The van der Waals surface area contributed by atoms with Gasteiger partial charge in [-0.15, -0.1) is 0 Å². The molecule has 0 spiro atoms. The van der Waals surface area contributed by atoms with Crippen LogP contribution in [-0.4, -0.2) is 17.7 Å². The molecule has 0 aliphatic rings. The highest BCUT2D eigenvalue weighted by atomic mass is 16.5.